The van der Waals surface area contributed by atoms with Gasteiger partial charge in [-0.2, -0.15) is 5.10 Å². The number of benzene rings is 2. The van der Waals surface area contributed by atoms with Crippen LogP contribution in [0.25, 0.3) is 0 Å². The van der Waals surface area contributed by atoms with Crippen LogP contribution >= 0.6 is 0 Å². The second-order valence-corrected chi connectivity index (χ2v) is 8.04. The lowest BCUT2D eigenvalue weighted by molar-refractivity contribution is -0.120. The van der Waals surface area contributed by atoms with E-state index in [0.29, 0.717) is 30.3 Å². The third-order valence-electron chi connectivity index (χ3n) is 5.83. The summed E-state index contributed by atoms with van der Waals surface area (Å²) < 4.78 is 12.1. The molecule has 2 aliphatic rings. The molecule has 32 heavy (non-hydrogen) atoms. The Morgan fingerprint density at radius 3 is 2.78 bits per heavy atom. The topological polar surface area (TPSA) is 85.7 Å². The number of hydrogen-bond acceptors (Lipinski definition) is 6. The second kappa shape index (κ2) is 8.74. The van der Waals surface area contributed by atoms with E-state index < -0.39 is 0 Å². The van der Waals surface area contributed by atoms with Crippen LogP contribution in [0.5, 0.6) is 11.5 Å². The molecule has 1 amide bonds. The minimum Gasteiger partial charge on any atom is -0.454 e. The first-order valence-corrected chi connectivity index (χ1v) is 10.7. The summed E-state index contributed by atoms with van der Waals surface area (Å²) in [6.45, 7) is 1.96. The SMILES string of the molecule is O=C(Nc1ccc2c(c1)OCO2)[C@H]1CCCN(c2cnn(Cc3ccccc3)c(=O)c2)C1. The Kier molecular flexibility index (Phi) is 5.49. The maximum absolute atomic E-state index is 12.9. The van der Waals surface area contributed by atoms with E-state index >= 15 is 0 Å². The predicted octanol–water partition coefficient (Wildman–Crippen LogP) is 2.88. The molecule has 8 heteroatoms. The van der Waals surface area contributed by atoms with Crippen molar-refractivity contribution in [3.63, 3.8) is 0 Å². The van der Waals surface area contributed by atoms with Crippen LogP contribution < -0.4 is 25.2 Å². The van der Waals surface area contributed by atoms with E-state index in [1.807, 2.05) is 36.4 Å². The minimum atomic E-state index is -0.180. The Morgan fingerprint density at radius 1 is 1.09 bits per heavy atom. The average Bonchev–Trinajstić information content (AvgIpc) is 3.29. The van der Waals surface area contributed by atoms with Gasteiger partial charge in [0, 0.05) is 30.9 Å². The molecule has 1 fully saturated rings. The van der Waals surface area contributed by atoms with Crippen molar-refractivity contribution < 1.29 is 14.3 Å². The smallest absolute Gasteiger partial charge is 0.269 e. The highest BCUT2D eigenvalue weighted by Gasteiger charge is 2.27. The average molecular weight is 432 g/mol. The zero-order valence-corrected chi connectivity index (χ0v) is 17.6. The highest BCUT2D eigenvalue weighted by atomic mass is 16.7. The van der Waals surface area contributed by atoms with Gasteiger partial charge in [0.1, 0.15) is 0 Å². The molecule has 5 rings (SSSR count). The van der Waals surface area contributed by atoms with Crippen LogP contribution in [0.4, 0.5) is 11.4 Å². The van der Waals surface area contributed by atoms with Gasteiger partial charge in [-0.1, -0.05) is 30.3 Å². The Hall–Kier alpha value is -3.81. The number of aromatic nitrogens is 2. The molecule has 1 aromatic heterocycles. The molecule has 0 spiro atoms. The molecule has 0 aliphatic carbocycles. The van der Waals surface area contributed by atoms with Crippen LogP contribution in [0, 0.1) is 5.92 Å². The van der Waals surface area contributed by atoms with Crippen molar-refractivity contribution in [2.45, 2.75) is 19.4 Å². The van der Waals surface area contributed by atoms with Gasteiger partial charge in [-0.25, -0.2) is 4.68 Å². The summed E-state index contributed by atoms with van der Waals surface area (Å²) >= 11 is 0. The summed E-state index contributed by atoms with van der Waals surface area (Å²) in [5.41, 5.74) is 2.30. The Morgan fingerprint density at radius 2 is 1.94 bits per heavy atom. The number of anilines is 2. The molecule has 1 saturated heterocycles. The van der Waals surface area contributed by atoms with E-state index in [9.17, 15) is 9.59 Å². The molecule has 1 atom stereocenters. The maximum atomic E-state index is 12.9. The van der Waals surface area contributed by atoms with Crippen molar-refractivity contribution in [3.05, 3.63) is 76.7 Å². The molecule has 8 nitrogen and oxygen atoms in total. The Labute approximate surface area is 185 Å². The molecule has 3 heterocycles. The number of fused-ring (bicyclic) bond motifs is 1. The largest absolute Gasteiger partial charge is 0.454 e. The summed E-state index contributed by atoms with van der Waals surface area (Å²) in [6, 6.07) is 16.7. The first kappa shape index (κ1) is 20.1. The van der Waals surface area contributed by atoms with Gasteiger partial charge >= 0.3 is 0 Å². The predicted molar refractivity (Wildman–Crippen MR) is 120 cm³/mol. The number of hydrogen-bond donors (Lipinski definition) is 1. The van der Waals surface area contributed by atoms with Gasteiger partial charge in [0.15, 0.2) is 11.5 Å². The highest BCUT2D eigenvalue weighted by Crippen LogP contribution is 2.34. The van der Waals surface area contributed by atoms with Crippen molar-refractivity contribution in [1.29, 1.82) is 0 Å². The summed E-state index contributed by atoms with van der Waals surface area (Å²) in [5, 5.41) is 7.33. The fourth-order valence-corrected chi connectivity index (χ4v) is 4.12. The molecular weight excluding hydrogens is 408 g/mol. The Bertz CT molecular complexity index is 1180. The van der Waals surface area contributed by atoms with Crippen LogP contribution in [0.15, 0.2) is 65.6 Å². The van der Waals surface area contributed by atoms with Crippen molar-refractivity contribution in [2.75, 3.05) is 30.1 Å². The molecule has 2 aromatic carbocycles. The summed E-state index contributed by atoms with van der Waals surface area (Å²) in [4.78, 5) is 27.6. The first-order chi connectivity index (χ1) is 15.7. The lowest BCUT2D eigenvalue weighted by Gasteiger charge is -2.33. The van der Waals surface area contributed by atoms with Gasteiger partial charge < -0.3 is 19.7 Å². The molecule has 164 valence electrons. The van der Waals surface area contributed by atoms with Gasteiger partial charge in [0.25, 0.3) is 5.56 Å². The number of rotatable bonds is 5. The lowest BCUT2D eigenvalue weighted by Crippen LogP contribution is -2.41. The number of nitrogens with one attached hydrogen (secondary N) is 1. The van der Waals surface area contributed by atoms with Gasteiger partial charge in [0.05, 0.1) is 24.3 Å². The molecule has 3 aromatic rings. The summed E-state index contributed by atoms with van der Waals surface area (Å²) in [7, 11) is 0. The number of amides is 1. The molecule has 0 radical (unpaired) electrons. The third-order valence-corrected chi connectivity index (χ3v) is 5.83. The third kappa shape index (κ3) is 4.30. The Balaban J connectivity index is 1.25. The van der Waals surface area contributed by atoms with E-state index in [-0.39, 0.29) is 24.2 Å². The quantitative estimate of drug-likeness (QED) is 0.667. The first-order valence-electron chi connectivity index (χ1n) is 10.7. The summed E-state index contributed by atoms with van der Waals surface area (Å²) in [5.74, 6) is 1.09. The van der Waals surface area contributed by atoms with E-state index in [1.165, 1.54) is 4.68 Å². The minimum absolute atomic E-state index is 0.0426. The second-order valence-electron chi connectivity index (χ2n) is 8.04. The molecular formula is C24H24N4O4. The van der Waals surface area contributed by atoms with Crippen LogP contribution in [0.3, 0.4) is 0 Å². The van der Waals surface area contributed by atoms with Crippen molar-refractivity contribution in [2.24, 2.45) is 5.92 Å². The standard InChI is InChI=1S/C24H24N4O4/c29-23-12-20(13-25-28(23)14-17-5-2-1-3-6-17)27-10-4-7-18(15-27)24(30)26-19-8-9-21-22(11-19)32-16-31-21/h1-3,5-6,8-9,11-13,18H,4,7,10,14-16H2,(H,26,30)/t18-/m0/s1. The van der Waals surface area contributed by atoms with Crippen LogP contribution in [0.1, 0.15) is 18.4 Å². The normalized spacial score (nSPS) is 17.2. The number of piperidine rings is 1. The van der Waals surface area contributed by atoms with E-state index in [1.54, 1.807) is 24.4 Å². The maximum Gasteiger partial charge on any atom is 0.269 e. The van der Waals surface area contributed by atoms with Gasteiger partial charge in [0.2, 0.25) is 12.7 Å². The molecule has 0 unspecified atom stereocenters. The number of carbonyl (C=O) groups is 1. The number of nitrogens with zero attached hydrogens (tertiary/aromatic N) is 3. The van der Waals surface area contributed by atoms with E-state index in [4.69, 9.17) is 9.47 Å². The zero-order chi connectivity index (χ0) is 21.9. The zero-order valence-electron chi connectivity index (χ0n) is 17.6. The monoisotopic (exact) mass is 432 g/mol. The van der Waals surface area contributed by atoms with Crippen molar-refractivity contribution in [1.82, 2.24) is 9.78 Å². The van der Waals surface area contributed by atoms with Crippen LogP contribution in [0.2, 0.25) is 0 Å². The van der Waals surface area contributed by atoms with Gasteiger partial charge in [-0.05, 0) is 30.5 Å². The molecule has 0 bridgehead atoms. The highest BCUT2D eigenvalue weighted by molar-refractivity contribution is 5.93. The van der Waals surface area contributed by atoms with Crippen LogP contribution in [-0.4, -0.2) is 35.6 Å². The number of carbonyl (C=O) groups excluding carboxylic acids is 1. The van der Waals surface area contributed by atoms with E-state index in [0.717, 1.165) is 30.6 Å². The molecule has 2 aliphatic heterocycles. The molecule has 1 N–H and O–H groups in total. The van der Waals surface area contributed by atoms with Gasteiger partial charge in [-0.15, -0.1) is 0 Å². The van der Waals surface area contributed by atoms with Gasteiger partial charge in [-0.3, -0.25) is 9.59 Å². The van der Waals surface area contributed by atoms with E-state index in [2.05, 4.69) is 15.3 Å². The molecule has 0 saturated carbocycles. The fraction of sp³-hybridized carbons (Fsp3) is 0.292. The number of ether oxygens (including phenoxy) is 2. The lowest BCUT2D eigenvalue weighted by atomic mass is 9.96. The van der Waals surface area contributed by atoms with Crippen LogP contribution in [-0.2, 0) is 11.3 Å². The fourth-order valence-electron chi connectivity index (χ4n) is 4.12. The van der Waals surface area contributed by atoms with Crippen molar-refractivity contribution in [3.8, 4) is 11.5 Å². The van der Waals surface area contributed by atoms with Crippen molar-refractivity contribution >= 4 is 17.3 Å². The summed E-state index contributed by atoms with van der Waals surface area (Å²) in [6.07, 6.45) is 3.38.